The summed E-state index contributed by atoms with van der Waals surface area (Å²) >= 11 is 0. The number of anilines is 1. The highest BCUT2D eigenvalue weighted by Gasteiger charge is 2.13. The zero-order valence-electron chi connectivity index (χ0n) is 9.89. The van der Waals surface area contributed by atoms with Crippen molar-refractivity contribution in [3.8, 4) is 0 Å². The van der Waals surface area contributed by atoms with Crippen molar-refractivity contribution in [1.82, 2.24) is 30.4 Å². The Morgan fingerprint density at radius 1 is 1.47 bits per heavy atom. The molecule has 1 aliphatic heterocycles. The highest BCUT2D eigenvalue weighted by molar-refractivity contribution is 5.90. The van der Waals surface area contributed by atoms with Gasteiger partial charge < -0.3 is 5.32 Å². The molecule has 1 saturated heterocycles. The summed E-state index contributed by atoms with van der Waals surface area (Å²) in [6.07, 6.45) is 1.07. The van der Waals surface area contributed by atoms with Gasteiger partial charge in [-0.2, -0.15) is 4.80 Å². The minimum Gasteiger partial charge on any atom is -0.315 e. The number of tetrazole rings is 1. The molecule has 0 radical (unpaired) electrons. The van der Waals surface area contributed by atoms with E-state index in [0.29, 0.717) is 6.54 Å². The normalized spacial score (nSPS) is 17.7. The summed E-state index contributed by atoms with van der Waals surface area (Å²) in [5.74, 6) is 0.158. The van der Waals surface area contributed by atoms with Crippen LogP contribution >= 0.6 is 0 Å². The predicted molar refractivity (Wildman–Crippen MR) is 61.4 cm³/mol. The van der Waals surface area contributed by atoms with Crippen LogP contribution in [0, 0.1) is 0 Å². The molecule has 17 heavy (non-hydrogen) atoms. The molecule has 0 aliphatic carbocycles. The number of carbonyl (C=O) groups excluding carboxylic acids is 1. The summed E-state index contributed by atoms with van der Waals surface area (Å²) < 4.78 is 0. The zero-order valence-corrected chi connectivity index (χ0v) is 9.89. The first-order chi connectivity index (χ1) is 8.24. The van der Waals surface area contributed by atoms with Crippen molar-refractivity contribution < 1.29 is 4.79 Å². The molecule has 0 bridgehead atoms. The van der Waals surface area contributed by atoms with Gasteiger partial charge in [0, 0.05) is 13.1 Å². The molecule has 0 atom stereocenters. The minimum absolute atomic E-state index is 0.0973. The molecule has 1 aromatic rings. The van der Waals surface area contributed by atoms with Gasteiger partial charge in [0.1, 0.15) is 0 Å². The second kappa shape index (κ2) is 5.69. The smallest absolute Gasteiger partial charge is 0.270 e. The van der Waals surface area contributed by atoms with Crippen LogP contribution < -0.4 is 10.6 Å². The molecule has 94 valence electrons. The van der Waals surface area contributed by atoms with Crippen LogP contribution in [0.3, 0.4) is 0 Å². The molecule has 8 nitrogen and oxygen atoms in total. The molecular weight excluding hydrogens is 222 g/mol. The molecule has 0 aromatic carbocycles. The number of rotatable bonds is 3. The molecule has 8 heteroatoms. The van der Waals surface area contributed by atoms with E-state index in [9.17, 15) is 4.79 Å². The first kappa shape index (κ1) is 11.9. The SMILES string of the molecule is Cn1nnc(NC(=O)CN2CCCNCC2)n1. The Hall–Kier alpha value is -1.54. The number of amides is 1. The van der Waals surface area contributed by atoms with Crippen LogP contribution in [-0.2, 0) is 11.8 Å². The summed E-state index contributed by atoms with van der Waals surface area (Å²) in [5.41, 5.74) is 0. The fourth-order valence-electron chi connectivity index (χ4n) is 1.76. The fraction of sp³-hybridized carbons (Fsp3) is 0.778. The van der Waals surface area contributed by atoms with Crippen LogP contribution in [-0.4, -0.2) is 63.7 Å². The van der Waals surface area contributed by atoms with Crippen molar-refractivity contribution in [2.24, 2.45) is 7.05 Å². The third kappa shape index (κ3) is 3.75. The number of hydrogen-bond acceptors (Lipinski definition) is 6. The molecule has 1 amide bonds. The standard InChI is InChI=1S/C9H17N7O/c1-15-13-9(12-14-15)11-8(17)7-16-5-2-3-10-4-6-16/h10H,2-7H2,1H3,(H,11,13,17). The first-order valence-corrected chi connectivity index (χ1v) is 5.71. The maximum absolute atomic E-state index is 11.7. The molecule has 1 aliphatic rings. The van der Waals surface area contributed by atoms with E-state index >= 15 is 0 Å². The van der Waals surface area contributed by atoms with Crippen LogP contribution in [0.4, 0.5) is 5.95 Å². The third-order valence-corrected chi connectivity index (χ3v) is 2.56. The molecule has 2 rings (SSSR count). The lowest BCUT2D eigenvalue weighted by molar-refractivity contribution is -0.117. The Balaban J connectivity index is 1.80. The lowest BCUT2D eigenvalue weighted by Crippen LogP contribution is -2.35. The molecule has 1 aromatic heterocycles. The van der Waals surface area contributed by atoms with Gasteiger partial charge in [0.15, 0.2) is 0 Å². The van der Waals surface area contributed by atoms with E-state index in [1.165, 1.54) is 4.80 Å². The number of nitrogens with zero attached hydrogens (tertiary/aromatic N) is 5. The van der Waals surface area contributed by atoms with E-state index < -0.39 is 0 Å². The second-order valence-electron chi connectivity index (χ2n) is 4.03. The summed E-state index contributed by atoms with van der Waals surface area (Å²) in [6.45, 7) is 4.15. The summed E-state index contributed by atoms with van der Waals surface area (Å²) in [7, 11) is 1.66. The molecule has 0 saturated carbocycles. The van der Waals surface area contributed by atoms with E-state index in [-0.39, 0.29) is 11.9 Å². The number of aryl methyl sites for hydroxylation is 1. The van der Waals surface area contributed by atoms with E-state index in [1.54, 1.807) is 7.05 Å². The summed E-state index contributed by atoms with van der Waals surface area (Å²) in [5, 5.41) is 17.2. The van der Waals surface area contributed by atoms with E-state index in [4.69, 9.17) is 0 Å². The lowest BCUT2D eigenvalue weighted by Gasteiger charge is -2.17. The zero-order chi connectivity index (χ0) is 12.1. The number of hydrogen-bond donors (Lipinski definition) is 2. The first-order valence-electron chi connectivity index (χ1n) is 5.71. The molecule has 0 unspecified atom stereocenters. The van der Waals surface area contributed by atoms with Crippen LogP contribution in [0.15, 0.2) is 0 Å². The van der Waals surface area contributed by atoms with Gasteiger partial charge in [-0.15, -0.1) is 5.10 Å². The summed E-state index contributed by atoms with van der Waals surface area (Å²) in [6, 6.07) is 0. The van der Waals surface area contributed by atoms with Crippen LogP contribution in [0.1, 0.15) is 6.42 Å². The van der Waals surface area contributed by atoms with Crippen molar-refractivity contribution in [3.05, 3.63) is 0 Å². The molecule has 2 N–H and O–H groups in total. The van der Waals surface area contributed by atoms with Gasteiger partial charge in [-0.25, -0.2) is 0 Å². The van der Waals surface area contributed by atoms with Crippen LogP contribution in [0.2, 0.25) is 0 Å². The van der Waals surface area contributed by atoms with Crippen LogP contribution in [0.5, 0.6) is 0 Å². The predicted octanol–water partition coefficient (Wildman–Crippen LogP) is -1.56. The van der Waals surface area contributed by atoms with Crippen LogP contribution in [0.25, 0.3) is 0 Å². The average molecular weight is 239 g/mol. The quantitative estimate of drug-likeness (QED) is 0.663. The Bertz CT molecular complexity index is 369. The van der Waals surface area contributed by atoms with E-state index in [0.717, 1.165) is 32.6 Å². The maximum Gasteiger partial charge on any atom is 0.270 e. The van der Waals surface area contributed by atoms with Crippen molar-refractivity contribution in [2.75, 3.05) is 38.0 Å². The Morgan fingerprint density at radius 3 is 3.12 bits per heavy atom. The van der Waals surface area contributed by atoms with Gasteiger partial charge in [0.05, 0.1) is 13.6 Å². The highest BCUT2D eigenvalue weighted by atomic mass is 16.2. The third-order valence-electron chi connectivity index (χ3n) is 2.56. The van der Waals surface area contributed by atoms with Crippen molar-refractivity contribution in [3.63, 3.8) is 0 Å². The molecule has 1 fully saturated rings. The second-order valence-corrected chi connectivity index (χ2v) is 4.03. The lowest BCUT2D eigenvalue weighted by atomic mass is 10.4. The maximum atomic E-state index is 11.7. The number of aromatic nitrogens is 4. The summed E-state index contributed by atoms with van der Waals surface area (Å²) in [4.78, 5) is 15.1. The highest BCUT2D eigenvalue weighted by Crippen LogP contribution is 1.97. The Labute approximate surface area is 99.3 Å². The molecular formula is C9H17N7O. The topological polar surface area (TPSA) is 88.0 Å². The van der Waals surface area contributed by atoms with Gasteiger partial charge in [-0.05, 0) is 24.7 Å². The van der Waals surface area contributed by atoms with Gasteiger partial charge in [-0.1, -0.05) is 5.10 Å². The Kier molecular flexibility index (Phi) is 3.99. The molecule has 2 heterocycles. The van der Waals surface area contributed by atoms with Gasteiger partial charge in [-0.3, -0.25) is 15.0 Å². The monoisotopic (exact) mass is 239 g/mol. The van der Waals surface area contributed by atoms with E-state index in [2.05, 4.69) is 30.9 Å². The minimum atomic E-state index is -0.0973. The van der Waals surface area contributed by atoms with Crippen molar-refractivity contribution in [1.29, 1.82) is 0 Å². The Morgan fingerprint density at radius 2 is 2.35 bits per heavy atom. The van der Waals surface area contributed by atoms with Gasteiger partial charge >= 0.3 is 0 Å². The average Bonchev–Trinajstić information content (AvgIpc) is 2.53. The fourth-order valence-corrected chi connectivity index (χ4v) is 1.76. The largest absolute Gasteiger partial charge is 0.315 e. The number of nitrogens with one attached hydrogen (secondary N) is 2. The van der Waals surface area contributed by atoms with Crippen molar-refractivity contribution >= 4 is 11.9 Å². The van der Waals surface area contributed by atoms with E-state index in [1.807, 2.05) is 0 Å². The molecule has 0 spiro atoms. The number of carbonyl (C=O) groups is 1. The van der Waals surface area contributed by atoms with Gasteiger partial charge in [0.25, 0.3) is 5.95 Å². The van der Waals surface area contributed by atoms with Crippen molar-refractivity contribution in [2.45, 2.75) is 6.42 Å². The van der Waals surface area contributed by atoms with Gasteiger partial charge in [0.2, 0.25) is 5.91 Å².